The monoisotopic (exact) mass is 461 g/mol. The molecule has 3 N–H and O–H groups in total. The number of rotatable bonds is 6. The van der Waals surface area contributed by atoms with Gasteiger partial charge in [-0.05, 0) is 68.0 Å². The first-order valence-corrected chi connectivity index (χ1v) is 10.5. The number of hydrogen-bond donors (Lipinski definition) is 2. The van der Waals surface area contributed by atoms with Crippen LogP contribution in [0.25, 0.3) is 11.8 Å². The van der Waals surface area contributed by atoms with Crippen molar-refractivity contribution in [3.05, 3.63) is 87.2 Å². The molecule has 3 aromatic rings. The molecular weight excluding hydrogens is 442 g/mol. The van der Waals surface area contributed by atoms with Crippen LogP contribution in [-0.4, -0.2) is 21.4 Å². The normalized spacial score (nSPS) is 11.0. The molecule has 0 aliphatic rings. The highest BCUT2D eigenvalue weighted by atomic mass is 32.2. The van der Waals surface area contributed by atoms with E-state index in [2.05, 4.69) is 0 Å². The largest absolute Gasteiger partial charge is 0.351 e. The van der Waals surface area contributed by atoms with Gasteiger partial charge in [-0.15, -0.1) is 0 Å². The van der Waals surface area contributed by atoms with E-state index in [0.717, 1.165) is 26.9 Å². The summed E-state index contributed by atoms with van der Waals surface area (Å²) in [6.45, 7) is 3.76. The van der Waals surface area contributed by atoms with Gasteiger partial charge in [0.25, 0.3) is 11.6 Å². The molecule has 0 fully saturated rings. The van der Waals surface area contributed by atoms with Crippen LogP contribution in [0.5, 0.6) is 0 Å². The molecule has 1 heterocycles. The van der Waals surface area contributed by atoms with E-state index in [-0.39, 0.29) is 11.3 Å². The van der Waals surface area contributed by atoms with Crippen LogP contribution in [0.1, 0.15) is 17.0 Å². The Hall–Kier alpha value is -4.36. The molecule has 33 heavy (non-hydrogen) atoms. The maximum atomic E-state index is 12.0. The van der Waals surface area contributed by atoms with E-state index in [4.69, 9.17) is 5.73 Å². The van der Waals surface area contributed by atoms with Crippen LogP contribution >= 0.6 is 11.8 Å². The van der Waals surface area contributed by atoms with Gasteiger partial charge in [0.1, 0.15) is 11.6 Å². The van der Waals surface area contributed by atoms with Crippen LogP contribution in [0.3, 0.4) is 0 Å². The predicted molar refractivity (Wildman–Crippen MR) is 124 cm³/mol. The number of primary amides is 1. The lowest BCUT2D eigenvalue weighted by atomic mass is 10.1. The van der Waals surface area contributed by atoms with Crippen LogP contribution < -0.4 is 11.1 Å². The minimum atomic E-state index is -1.03. The first-order valence-electron chi connectivity index (χ1n) is 9.64. The lowest BCUT2D eigenvalue weighted by Crippen LogP contribution is -2.35. The third-order valence-corrected chi connectivity index (χ3v) is 5.77. The number of nitrogens with one attached hydrogen (secondary N) is 1. The molecule has 3 rings (SSSR count). The minimum Gasteiger partial charge on any atom is -0.351 e. The molecule has 0 saturated carbocycles. The van der Waals surface area contributed by atoms with Crippen LogP contribution in [-0.2, 0) is 4.79 Å². The summed E-state index contributed by atoms with van der Waals surface area (Å²) in [5.74, 6) is -0.859. The van der Waals surface area contributed by atoms with E-state index in [9.17, 15) is 25.0 Å². The van der Waals surface area contributed by atoms with E-state index < -0.39 is 16.9 Å². The number of non-ortho nitro benzene ring substituents is 1. The Balaban J connectivity index is 1.84. The fourth-order valence-corrected chi connectivity index (χ4v) is 4.07. The van der Waals surface area contributed by atoms with E-state index >= 15 is 0 Å². The summed E-state index contributed by atoms with van der Waals surface area (Å²) in [5.41, 5.74) is 8.01. The van der Waals surface area contributed by atoms with Gasteiger partial charge in [0, 0.05) is 39.0 Å². The molecule has 10 heteroatoms. The van der Waals surface area contributed by atoms with Crippen molar-refractivity contribution in [2.24, 2.45) is 5.73 Å². The van der Waals surface area contributed by atoms with E-state index in [1.54, 1.807) is 18.2 Å². The molecule has 0 saturated heterocycles. The summed E-state index contributed by atoms with van der Waals surface area (Å²) in [6.07, 6.45) is 1.41. The Bertz CT molecular complexity index is 1300. The van der Waals surface area contributed by atoms with Crippen LogP contribution in [0, 0.1) is 35.3 Å². The molecule has 2 aromatic carbocycles. The van der Waals surface area contributed by atoms with Gasteiger partial charge in [0.15, 0.2) is 0 Å². The number of urea groups is 1. The van der Waals surface area contributed by atoms with E-state index in [0.29, 0.717) is 5.56 Å². The number of carbonyl (C=O) groups excluding carboxylic acids is 2. The van der Waals surface area contributed by atoms with Gasteiger partial charge in [0.2, 0.25) is 0 Å². The maximum absolute atomic E-state index is 12.0. The Morgan fingerprint density at radius 3 is 2.21 bits per heavy atom. The zero-order valence-electron chi connectivity index (χ0n) is 17.7. The highest BCUT2D eigenvalue weighted by Crippen LogP contribution is 2.30. The van der Waals surface area contributed by atoms with Crippen molar-refractivity contribution in [1.29, 1.82) is 5.26 Å². The third kappa shape index (κ3) is 5.47. The Morgan fingerprint density at radius 1 is 1.12 bits per heavy atom. The van der Waals surface area contributed by atoms with Gasteiger partial charge in [0.05, 0.1) is 4.92 Å². The zero-order chi connectivity index (χ0) is 24.1. The molecule has 9 nitrogen and oxygen atoms in total. The summed E-state index contributed by atoms with van der Waals surface area (Å²) in [7, 11) is 0. The average Bonchev–Trinajstić information content (AvgIpc) is 3.05. The Morgan fingerprint density at radius 2 is 1.70 bits per heavy atom. The highest BCUT2D eigenvalue weighted by molar-refractivity contribution is 7.99. The summed E-state index contributed by atoms with van der Waals surface area (Å²) in [6, 6.07) is 16.7. The van der Waals surface area contributed by atoms with Crippen molar-refractivity contribution in [2.45, 2.75) is 23.6 Å². The van der Waals surface area contributed by atoms with Crippen LogP contribution in [0.4, 0.5) is 10.5 Å². The standard InChI is InChI=1S/C23H19N5O4S/c1-14-11-16(12-17(13-24)22(29)26-23(25)30)15(2)27(14)18-3-7-20(8-4-18)33-21-9-5-19(6-10-21)28(31)32/h3-12H,1-2H3,(H3,25,26,29,30)/b17-12-. The van der Waals surface area contributed by atoms with Crippen molar-refractivity contribution in [3.8, 4) is 11.8 Å². The molecule has 0 aliphatic carbocycles. The number of hydrogen-bond acceptors (Lipinski definition) is 6. The second-order valence-electron chi connectivity index (χ2n) is 7.00. The number of aryl methyl sites for hydroxylation is 1. The first-order chi connectivity index (χ1) is 15.7. The van der Waals surface area contributed by atoms with Crippen molar-refractivity contribution in [1.82, 2.24) is 9.88 Å². The van der Waals surface area contributed by atoms with Crippen molar-refractivity contribution in [2.75, 3.05) is 0 Å². The molecule has 0 spiro atoms. The minimum absolute atomic E-state index is 0.0461. The van der Waals surface area contributed by atoms with E-state index in [1.807, 2.05) is 54.1 Å². The van der Waals surface area contributed by atoms with Gasteiger partial charge in [-0.2, -0.15) is 5.26 Å². The van der Waals surface area contributed by atoms with Gasteiger partial charge in [-0.1, -0.05) is 11.8 Å². The molecule has 0 atom stereocenters. The molecule has 3 amide bonds. The topological polar surface area (TPSA) is 144 Å². The number of amides is 3. The fraction of sp³-hybridized carbons (Fsp3) is 0.0870. The molecule has 166 valence electrons. The van der Waals surface area contributed by atoms with Gasteiger partial charge < -0.3 is 10.3 Å². The van der Waals surface area contributed by atoms with Crippen molar-refractivity contribution in [3.63, 3.8) is 0 Å². The number of imide groups is 1. The lowest BCUT2D eigenvalue weighted by Gasteiger charge is -2.11. The van der Waals surface area contributed by atoms with Gasteiger partial charge in [-0.25, -0.2) is 4.79 Å². The molecule has 0 unspecified atom stereocenters. The molecule has 0 bridgehead atoms. The zero-order valence-corrected chi connectivity index (χ0v) is 18.6. The number of nitrogens with zero attached hydrogens (tertiary/aromatic N) is 3. The summed E-state index contributed by atoms with van der Waals surface area (Å²) in [5, 5.41) is 22.0. The maximum Gasteiger partial charge on any atom is 0.319 e. The number of benzene rings is 2. The molecule has 0 aliphatic heterocycles. The van der Waals surface area contributed by atoms with Crippen molar-refractivity contribution >= 4 is 35.5 Å². The summed E-state index contributed by atoms with van der Waals surface area (Å²) < 4.78 is 1.98. The predicted octanol–water partition coefficient (Wildman–Crippen LogP) is 4.26. The smallest absolute Gasteiger partial charge is 0.319 e. The van der Waals surface area contributed by atoms with E-state index in [1.165, 1.54) is 30.0 Å². The summed E-state index contributed by atoms with van der Waals surface area (Å²) >= 11 is 1.49. The third-order valence-electron chi connectivity index (χ3n) is 4.75. The van der Waals surface area contributed by atoms with Gasteiger partial charge in [-0.3, -0.25) is 20.2 Å². The fourth-order valence-electron chi connectivity index (χ4n) is 3.25. The van der Waals surface area contributed by atoms with Crippen LogP contribution in [0.2, 0.25) is 0 Å². The number of nitrogens with two attached hydrogens (primary N) is 1. The second-order valence-corrected chi connectivity index (χ2v) is 8.14. The number of nitro groups is 1. The Kier molecular flexibility index (Phi) is 6.95. The molecule has 0 radical (unpaired) electrons. The first kappa shape index (κ1) is 23.3. The quantitative estimate of drug-likeness (QED) is 0.243. The number of aromatic nitrogens is 1. The number of nitriles is 1. The second kappa shape index (κ2) is 9.84. The number of carbonyl (C=O) groups is 2. The van der Waals surface area contributed by atoms with Crippen LogP contribution in [0.15, 0.2) is 70.0 Å². The molecule has 1 aromatic heterocycles. The number of nitro benzene ring substituents is 1. The average molecular weight is 462 g/mol. The highest BCUT2D eigenvalue weighted by Gasteiger charge is 2.15. The molecular formula is C23H19N5O4S. The van der Waals surface area contributed by atoms with Gasteiger partial charge >= 0.3 is 6.03 Å². The lowest BCUT2D eigenvalue weighted by molar-refractivity contribution is -0.384. The summed E-state index contributed by atoms with van der Waals surface area (Å²) in [4.78, 5) is 35.1. The van der Waals surface area contributed by atoms with Crippen molar-refractivity contribution < 1.29 is 14.5 Å². The SMILES string of the molecule is Cc1cc(/C=C(/C#N)C(=O)NC(N)=O)c(C)n1-c1ccc(Sc2ccc([N+](=O)[O-])cc2)cc1. The Labute approximate surface area is 193 Å².